The monoisotopic (exact) mass is 334 g/mol. The second-order valence-electron chi connectivity index (χ2n) is 4.88. The molecule has 3 rings (SSSR count). The van der Waals surface area contributed by atoms with Crippen molar-refractivity contribution >= 4 is 11.8 Å². The van der Waals surface area contributed by atoms with E-state index >= 15 is 0 Å². The molecule has 120 valence electrons. The third kappa shape index (κ3) is 3.53. The Morgan fingerprint density at radius 3 is 2.87 bits per heavy atom. The van der Waals surface area contributed by atoms with Gasteiger partial charge >= 0.3 is 5.69 Å². The number of benzene rings is 1. The Balaban J connectivity index is 1.70. The van der Waals surface area contributed by atoms with E-state index in [0.29, 0.717) is 29.1 Å². The molecule has 2 heterocycles. The van der Waals surface area contributed by atoms with Crippen LogP contribution >= 0.6 is 11.8 Å². The summed E-state index contributed by atoms with van der Waals surface area (Å²) in [7, 11) is 0. The van der Waals surface area contributed by atoms with Crippen LogP contribution in [-0.4, -0.2) is 19.7 Å². The van der Waals surface area contributed by atoms with Gasteiger partial charge in [-0.05, 0) is 30.7 Å². The fourth-order valence-corrected chi connectivity index (χ4v) is 2.91. The summed E-state index contributed by atoms with van der Waals surface area (Å²) in [5, 5.41) is 7.06. The van der Waals surface area contributed by atoms with Gasteiger partial charge in [-0.1, -0.05) is 18.7 Å². The maximum absolute atomic E-state index is 12.9. The Morgan fingerprint density at radius 1 is 1.35 bits per heavy atom. The average Bonchev–Trinajstić information content (AvgIpc) is 3.15. The number of halogens is 1. The van der Waals surface area contributed by atoms with E-state index in [-0.39, 0.29) is 11.5 Å². The number of rotatable bonds is 6. The number of oxazole rings is 1. The lowest BCUT2D eigenvalue weighted by Gasteiger charge is -2.01. The van der Waals surface area contributed by atoms with Crippen LogP contribution in [0.1, 0.15) is 19.2 Å². The lowest BCUT2D eigenvalue weighted by molar-refractivity contribution is 0.529. The molecule has 0 amide bonds. The Hall–Kier alpha value is -2.35. The van der Waals surface area contributed by atoms with Crippen LogP contribution in [0.5, 0.6) is 0 Å². The van der Waals surface area contributed by atoms with Gasteiger partial charge in [-0.25, -0.2) is 19.3 Å². The van der Waals surface area contributed by atoms with E-state index in [1.54, 1.807) is 22.9 Å². The summed E-state index contributed by atoms with van der Waals surface area (Å²) in [5.74, 6) is 1.26. The molecule has 8 heteroatoms. The van der Waals surface area contributed by atoms with Crippen molar-refractivity contribution < 1.29 is 8.81 Å². The largest absolute Gasteiger partial charge is 0.440 e. The number of aromatic nitrogens is 4. The highest BCUT2D eigenvalue weighted by Crippen LogP contribution is 2.24. The van der Waals surface area contributed by atoms with Gasteiger partial charge in [0.05, 0.1) is 11.9 Å². The molecule has 2 aromatic heterocycles. The number of hydrogen-bond acceptors (Lipinski definition) is 5. The third-order valence-electron chi connectivity index (χ3n) is 3.18. The summed E-state index contributed by atoms with van der Waals surface area (Å²) in [6.45, 7) is 2.61. The summed E-state index contributed by atoms with van der Waals surface area (Å²) in [6.07, 6.45) is 2.45. The standard InChI is InChI=1S/C15H15FN4O2S/c1-2-7-20-14(21)18-19-15(20)23-9-13-17-8-12(22-13)10-3-5-11(16)6-4-10/h3-6,8H,2,7,9H2,1H3,(H,18,21). The highest BCUT2D eigenvalue weighted by molar-refractivity contribution is 7.98. The van der Waals surface area contributed by atoms with Crippen LogP contribution < -0.4 is 5.69 Å². The maximum Gasteiger partial charge on any atom is 0.343 e. The van der Waals surface area contributed by atoms with E-state index in [1.807, 2.05) is 6.92 Å². The van der Waals surface area contributed by atoms with Gasteiger partial charge in [-0.3, -0.25) is 4.57 Å². The zero-order valence-corrected chi connectivity index (χ0v) is 13.3. The van der Waals surface area contributed by atoms with Gasteiger partial charge in [0.15, 0.2) is 10.9 Å². The van der Waals surface area contributed by atoms with Crippen LogP contribution in [0.25, 0.3) is 11.3 Å². The predicted molar refractivity (Wildman–Crippen MR) is 84.6 cm³/mol. The third-order valence-corrected chi connectivity index (χ3v) is 4.14. The summed E-state index contributed by atoms with van der Waals surface area (Å²) in [6, 6.07) is 6.03. The molecule has 0 atom stereocenters. The summed E-state index contributed by atoms with van der Waals surface area (Å²) < 4.78 is 20.2. The molecule has 0 unspecified atom stereocenters. The van der Waals surface area contributed by atoms with E-state index in [2.05, 4.69) is 15.2 Å². The molecule has 0 aliphatic heterocycles. The van der Waals surface area contributed by atoms with Gasteiger partial charge in [0.25, 0.3) is 0 Å². The molecule has 0 aliphatic carbocycles. The predicted octanol–water partition coefficient (Wildman–Crippen LogP) is 3.07. The quantitative estimate of drug-likeness (QED) is 0.701. The highest BCUT2D eigenvalue weighted by atomic mass is 32.2. The minimum atomic E-state index is -0.295. The maximum atomic E-state index is 12.9. The zero-order chi connectivity index (χ0) is 16.2. The smallest absolute Gasteiger partial charge is 0.343 e. The second-order valence-corrected chi connectivity index (χ2v) is 5.82. The fraction of sp³-hybridized carbons (Fsp3) is 0.267. The van der Waals surface area contributed by atoms with Crippen molar-refractivity contribution in [1.82, 2.24) is 19.7 Å². The van der Waals surface area contributed by atoms with Gasteiger partial charge < -0.3 is 4.42 Å². The highest BCUT2D eigenvalue weighted by Gasteiger charge is 2.11. The molecule has 0 spiro atoms. The first-order chi connectivity index (χ1) is 11.2. The van der Waals surface area contributed by atoms with Crippen molar-refractivity contribution in [1.29, 1.82) is 0 Å². The Morgan fingerprint density at radius 2 is 2.13 bits per heavy atom. The van der Waals surface area contributed by atoms with Crippen LogP contribution in [0.4, 0.5) is 4.39 Å². The van der Waals surface area contributed by atoms with Crippen LogP contribution in [-0.2, 0) is 12.3 Å². The van der Waals surface area contributed by atoms with Crippen molar-refractivity contribution in [3.63, 3.8) is 0 Å². The first-order valence-corrected chi connectivity index (χ1v) is 8.14. The number of H-pyrrole nitrogens is 1. The number of nitrogens with one attached hydrogen (secondary N) is 1. The van der Waals surface area contributed by atoms with Crippen molar-refractivity contribution in [2.45, 2.75) is 30.8 Å². The normalized spacial score (nSPS) is 11.0. The summed E-state index contributed by atoms with van der Waals surface area (Å²) in [4.78, 5) is 15.8. The summed E-state index contributed by atoms with van der Waals surface area (Å²) in [5.41, 5.74) is 0.548. The molecular formula is C15H15FN4O2S. The number of nitrogens with zero attached hydrogens (tertiary/aromatic N) is 3. The molecular weight excluding hydrogens is 319 g/mol. The zero-order valence-electron chi connectivity index (χ0n) is 12.5. The fourth-order valence-electron chi connectivity index (χ4n) is 2.09. The number of thioether (sulfide) groups is 1. The Labute approximate surface area is 135 Å². The van der Waals surface area contributed by atoms with E-state index in [1.165, 1.54) is 23.9 Å². The first kappa shape index (κ1) is 15.5. The minimum absolute atomic E-state index is 0.214. The summed E-state index contributed by atoms with van der Waals surface area (Å²) >= 11 is 1.38. The topological polar surface area (TPSA) is 76.7 Å². The molecule has 1 N–H and O–H groups in total. The lowest BCUT2D eigenvalue weighted by Crippen LogP contribution is -2.17. The van der Waals surface area contributed by atoms with Gasteiger partial charge in [-0.15, -0.1) is 5.10 Å². The van der Waals surface area contributed by atoms with Crippen molar-refractivity contribution in [2.24, 2.45) is 0 Å². The molecule has 0 saturated carbocycles. The lowest BCUT2D eigenvalue weighted by atomic mass is 10.2. The van der Waals surface area contributed by atoms with Crippen molar-refractivity contribution in [2.75, 3.05) is 0 Å². The van der Waals surface area contributed by atoms with Crippen LogP contribution in [0.2, 0.25) is 0 Å². The Kier molecular flexibility index (Phi) is 4.61. The van der Waals surface area contributed by atoms with Crippen molar-refractivity contribution in [3.05, 3.63) is 52.7 Å². The van der Waals surface area contributed by atoms with E-state index < -0.39 is 0 Å². The molecule has 1 aromatic carbocycles. The van der Waals surface area contributed by atoms with Crippen molar-refractivity contribution in [3.8, 4) is 11.3 Å². The van der Waals surface area contributed by atoms with Crippen LogP contribution in [0.3, 0.4) is 0 Å². The minimum Gasteiger partial charge on any atom is -0.440 e. The van der Waals surface area contributed by atoms with E-state index in [4.69, 9.17) is 4.42 Å². The molecule has 6 nitrogen and oxygen atoms in total. The SMILES string of the molecule is CCCn1c(SCc2ncc(-c3ccc(F)cc3)o2)n[nH]c1=O. The average molecular weight is 334 g/mol. The van der Waals surface area contributed by atoms with Gasteiger partial charge in [0.2, 0.25) is 5.89 Å². The Bertz CT molecular complexity index is 838. The molecule has 0 fully saturated rings. The van der Waals surface area contributed by atoms with Gasteiger partial charge in [0.1, 0.15) is 5.82 Å². The molecule has 3 aromatic rings. The molecule has 23 heavy (non-hydrogen) atoms. The molecule has 0 saturated heterocycles. The number of hydrogen-bond donors (Lipinski definition) is 1. The molecule has 0 aliphatic rings. The van der Waals surface area contributed by atoms with Crippen LogP contribution in [0, 0.1) is 5.82 Å². The van der Waals surface area contributed by atoms with Gasteiger partial charge in [0, 0.05) is 12.1 Å². The first-order valence-electron chi connectivity index (χ1n) is 7.16. The van der Waals surface area contributed by atoms with E-state index in [0.717, 1.165) is 12.0 Å². The van der Waals surface area contributed by atoms with Gasteiger partial charge in [-0.2, -0.15) is 0 Å². The second kappa shape index (κ2) is 6.82. The molecule has 0 radical (unpaired) electrons. The molecule has 0 bridgehead atoms. The van der Waals surface area contributed by atoms with Crippen LogP contribution in [0.15, 0.2) is 44.8 Å². The number of aromatic amines is 1. The van der Waals surface area contributed by atoms with E-state index in [9.17, 15) is 9.18 Å².